The molecule has 30 heavy (non-hydrogen) atoms. The van der Waals surface area contributed by atoms with Crippen molar-refractivity contribution in [3.05, 3.63) is 50.7 Å². The van der Waals surface area contributed by atoms with E-state index in [-0.39, 0.29) is 17.3 Å². The largest absolute Gasteiger partial charge is 0.325 e. The van der Waals surface area contributed by atoms with Crippen molar-refractivity contribution in [3.8, 4) is 11.4 Å². The minimum atomic E-state index is -0.492. The number of nitro groups is 1. The Labute approximate surface area is 182 Å². The quantitative estimate of drug-likeness (QED) is 0.277. The molecule has 1 aromatic carbocycles. The maximum atomic E-state index is 12.3. The highest BCUT2D eigenvalue weighted by atomic mass is 32.2. The van der Waals surface area contributed by atoms with Crippen molar-refractivity contribution in [3.63, 3.8) is 0 Å². The Morgan fingerprint density at radius 2 is 2.13 bits per heavy atom. The van der Waals surface area contributed by atoms with Crippen molar-refractivity contribution in [1.29, 1.82) is 0 Å². The first kappa shape index (κ1) is 22.0. The fourth-order valence-corrected chi connectivity index (χ4v) is 4.50. The molecule has 8 nitrogen and oxygen atoms in total. The molecule has 10 heteroatoms. The molecule has 3 rings (SSSR count). The zero-order chi connectivity index (χ0) is 21.7. The number of carbonyl (C=O) groups is 1. The van der Waals surface area contributed by atoms with Crippen LogP contribution in [0.25, 0.3) is 11.4 Å². The maximum absolute atomic E-state index is 12.3. The van der Waals surface area contributed by atoms with Crippen LogP contribution in [-0.4, -0.2) is 31.3 Å². The second-order valence-corrected chi connectivity index (χ2v) is 8.88. The van der Waals surface area contributed by atoms with Crippen LogP contribution in [0, 0.1) is 10.1 Å². The van der Waals surface area contributed by atoms with E-state index in [0.29, 0.717) is 16.8 Å². The monoisotopic (exact) mass is 445 g/mol. The highest BCUT2D eigenvalue weighted by Crippen LogP contribution is 2.31. The Bertz CT molecular complexity index is 1040. The molecular weight excluding hydrogens is 422 g/mol. The van der Waals surface area contributed by atoms with Crippen molar-refractivity contribution >= 4 is 40.4 Å². The minimum Gasteiger partial charge on any atom is -0.325 e. The third-order valence-electron chi connectivity index (χ3n) is 4.28. The summed E-state index contributed by atoms with van der Waals surface area (Å²) in [4.78, 5) is 24.0. The topological polar surface area (TPSA) is 103 Å². The van der Waals surface area contributed by atoms with Gasteiger partial charge in [-0.1, -0.05) is 38.6 Å². The Morgan fingerprint density at radius 3 is 2.80 bits per heavy atom. The van der Waals surface area contributed by atoms with E-state index in [1.807, 2.05) is 4.57 Å². The number of nitro benzene ring substituents is 1. The van der Waals surface area contributed by atoms with Crippen LogP contribution in [-0.2, 0) is 11.3 Å². The number of thioether (sulfide) groups is 1. The summed E-state index contributed by atoms with van der Waals surface area (Å²) in [6, 6.07) is 8.03. The van der Waals surface area contributed by atoms with Gasteiger partial charge in [0.2, 0.25) is 5.91 Å². The molecule has 0 spiro atoms. The van der Waals surface area contributed by atoms with Gasteiger partial charge in [-0.05, 0) is 24.5 Å². The van der Waals surface area contributed by atoms with Crippen LogP contribution in [0.2, 0.25) is 0 Å². The second-order valence-electron chi connectivity index (χ2n) is 6.99. The summed E-state index contributed by atoms with van der Waals surface area (Å²) in [5.41, 5.74) is 1.37. The molecule has 0 saturated carbocycles. The van der Waals surface area contributed by atoms with Crippen molar-refractivity contribution < 1.29 is 9.72 Å². The van der Waals surface area contributed by atoms with Gasteiger partial charge in [0.25, 0.3) is 5.69 Å². The molecule has 0 saturated heterocycles. The van der Waals surface area contributed by atoms with E-state index in [0.717, 1.165) is 24.4 Å². The third kappa shape index (κ3) is 5.25. The molecule has 158 valence electrons. The summed E-state index contributed by atoms with van der Waals surface area (Å²) in [7, 11) is 0. The van der Waals surface area contributed by atoms with E-state index >= 15 is 0 Å². The van der Waals surface area contributed by atoms with Crippen LogP contribution < -0.4 is 5.32 Å². The Kier molecular flexibility index (Phi) is 7.22. The number of thiophene rings is 1. The summed E-state index contributed by atoms with van der Waals surface area (Å²) >= 11 is 3.01. The van der Waals surface area contributed by atoms with Crippen LogP contribution in [0.4, 0.5) is 11.4 Å². The summed E-state index contributed by atoms with van der Waals surface area (Å²) in [6.45, 7) is 7.16. The van der Waals surface area contributed by atoms with Crippen LogP contribution >= 0.6 is 23.1 Å². The predicted molar refractivity (Wildman–Crippen MR) is 120 cm³/mol. The highest BCUT2D eigenvalue weighted by molar-refractivity contribution is 7.99. The molecule has 1 amide bonds. The van der Waals surface area contributed by atoms with Crippen molar-refractivity contribution in [1.82, 2.24) is 14.8 Å². The molecule has 0 fully saturated rings. The number of nitrogens with zero attached hydrogens (tertiary/aromatic N) is 4. The first-order valence-corrected chi connectivity index (χ1v) is 11.4. The summed E-state index contributed by atoms with van der Waals surface area (Å²) in [5.74, 6) is 1.13. The zero-order valence-corrected chi connectivity index (χ0v) is 18.6. The third-order valence-corrected chi connectivity index (χ3v) is 6.48. The average molecular weight is 446 g/mol. The molecule has 1 N–H and O–H groups in total. The molecule has 0 unspecified atom stereocenters. The van der Waals surface area contributed by atoms with E-state index in [1.54, 1.807) is 17.4 Å². The van der Waals surface area contributed by atoms with Crippen molar-refractivity contribution in [2.45, 2.75) is 44.8 Å². The number of aromatic nitrogens is 3. The van der Waals surface area contributed by atoms with E-state index in [9.17, 15) is 14.9 Å². The number of anilines is 1. The van der Waals surface area contributed by atoms with Gasteiger partial charge in [0, 0.05) is 40.2 Å². The number of non-ortho nitro benzene ring substituents is 1. The average Bonchev–Trinajstić information content (AvgIpc) is 3.34. The first-order chi connectivity index (χ1) is 14.4. The zero-order valence-electron chi connectivity index (χ0n) is 17.0. The number of hydrogen-bond donors (Lipinski definition) is 1. The molecule has 0 aliphatic carbocycles. The molecular formula is C20H23N5O3S2. The number of hydrogen-bond acceptors (Lipinski definition) is 7. The van der Waals surface area contributed by atoms with Crippen LogP contribution in [0.15, 0.2) is 40.9 Å². The number of amides is 1. The SMILES string of the molecule is CCCn1c(SCC(=O)Nc2cccc([N+](=O)[O-])c2)nnc1-c1csc(C(C)C)c1. The van der Waals surface area contributed by atoms with Crippen LogP contribution in [0.1, 0.15) is 38.0 Å². The Balaban J connectivity index is 1.70. The number of carbonyl (C=O) groups excluding carboxylic acids is 1. The molecule has 3 aromatic rings. The lowest BCUT2D eigenvalue weighted by molar-refractivity contribution is -0.384. The number of rotatable bonds is 9. The van der Waals surface area contributed by atoms with E-state index in [4.69, 9.17) is 0 Å². The maximum Gasteiger partial charge on any atom is 0.271 e. The standard InChI is InChI=1S/C20H23N5O3S2/c1-4-8-24-19(14-9-17(13(2)3)29-11-14)22-23-20(24)30-12-18(26)21-15-6-5-7-16(10-15)25(27)28/h5-7,9-11,13H,4,8,12H2,1-3H3,(H,21,26). The van der Waals surface area contributed by atoms with Gasteiger partial charge in [-0.2, -0.15) is 0 Å². The fourth-order valence-electron chi connectivity index (χ4n) is 2.83. The predicted octanol–water partition coefficient (Wildman–Crippen LogP) is 5.18. The van der Waals surface area contributed by atoms with E-state index in [2.05, 4.69) is 47.7 Å². The van der Waals surface area contributed by atoms with Gasteiger partial charge in [0.1, 0.15) is 0 Å². The fraction of sp³-hybridized carbons (Fsp3) is 0.350. The van der Waals surface area contributed by atoms with Gasteiger partial charge >= 0.3 is 0 Å². The van der Waals surface area contributed by atoms with Gasteiger partial charge in [-0.25, -0.2) is 0 Å². The second kappa shape index (κ2) is 9.86. The lowest BCUT2D eigenvalue weighted by atomic mass is 10.1. The number of nitrogens with one attached hydrogen (secondary N) is 1. The molecule has 2 aromatic heterocycles. The van der Waals surface area contributed by atoms with E-state index < -0.39 is 4.92 Å². The first-order valence-electron chi connectivity index (χ1n) is 9.58. The van der Waals surface area contributed by atoms with Crippen molar-refractivity contribution in [2.75, 3.05) is 11.1 Å². The normalized spacial score (nSPS) is 11.1. The van der Waals surface area contributed by atoms with Gasteiger partial charge in [-0.3, -0.25) is 14.9 Å². The van der Waals surface area contributed by atoms with Gasteiger partial charge in [0.05, 0.1) is 10.7 Å². The van der Waals surface area contributed by atoms with Gasteiger partial charge in [-0.15, -0.1) is 21.5 Å². The Hall–Kier alpha value is -2.72. The van der Waals surface area contributed by atoms with Crippen LogP contribution in [0.5, 0.6) is 0 Å². The Morgan fingerprint density at radius 1 is 1.33 bits per heavy atom. The molecule has 0 aliphatic heterocycles. The van der Waals surface area contributed by atoms with E-state index in [1.165, 1.54) is 34.8 Å². The summed E-state index contributed by atoms with van der Waals surface area (Å²) < 4.78 is 2.04. The summed E-state index contributed by atoms with van der Waals surface area (Å²) in [6.07, 6.45) is 0.916. The lowest BCUT2D eigenvalue weighted by Crippen LogP contribution is -2.14. The molecule has 0 atom stereocenters. The summed E-state index contributed by atoms with van der Waals surface area (Å²) in [5, 5.41) is 25.0. The minimum absolute atomic E-state index is 0.0655. The highest BCUT2D eigenvalue weighted by Gasteiger charge is 2.17. The molecule has 0 bridgehead atoms. The molecule has 2 heterocycles. The van der Waals surface area contributed by atoms with Gasteiger partial charge < -0.3 is 9.88 Å². The van der Waals surface area contributed by atoms with Gasteiger partial charge in [0.15, 0.2) is 11.0 Å². The van der Waals surface area contributed by atoms with Crippen LogP contribution in [0.3, 0.4) is 0 Å². The smallest absolute Gasteiger partial charge is 0.271 e. The molecule has 0 radical (unpaired) electrons. The lowest BCUT2D eigenvalue weighted by Gasteiger charge is -2.08. The number of benzene rings is 1. The molecule has 0 aliphatic rings. The van der Waals surface area contributed by atoms with Crippen molar-refractivity contribution in [2.24, 2.45) is 0 Å².